The van der Waals surface area contributed by atoms with E-state index in [-0.39, 0.29) is 5.41 Å². The fourth-order valence-corrected chi connectivity index (χ4v) is 26.8. The second-order valence-corrected chi connectivity index (χ2v) is 33.2. The van der Waals surface area contributed by atoms with Crippen molar-refractivity contribution in [2.24, 2.45) is 11.3 Å². The molecule has 1 fully saturated rings. The molecule has 0 radical (unpaired) electrons. The SMILES string of the molecule is CC(C)CC1(C)C2=Cc3c(-c4cccc(C(C)C)c4)cccc3[CH]2[Hf]([CH3])([CH3])[CH]2C1=Cc1c(-c3cccc(C(C)C)c3)cccc12. The van der Waals surface area contributed by atoms with Crippen molar-refractivity contribution >= 4 is 12.2 Å². The van der Waals surface area contributed by atoms with E-state index in [9.17, 15) is 0 Å². The van der Waals surface area contributed by atoms with E-state index >= 15 is 0 Å². The molecule has 1 aliphatic heterocycles. The Kier molecular flexibility index (Phi) is 7.67. The Balaban J connectivity index is 1.44. The van der Waals surface area contributed by atoms with Crippen LogP contribution in [-0.2, 0) is 20.0 Å². The van der Waals surface area contributed by atoms with Gasteiger partial charge in [-0.2, -0.15) is 0 Å². The van der Waals surface area contributed by atoms with Crippen LogP contribution >= 0.6 is 0 Å². The number of allylic oxidation sites excluding steroid dienone is 2. The standard InChI is InChI=1S/C42H44.2CH3.Hf/c1-27(2)26-42(7,36-22-34-16-10-18-38(40(34)24-36)32-14-8-12-30(20-32)28(3)4)37-23-35-17-11-19-39(41(35)25-37)33-15-9-13-31(21-33)29(5)6;;;/h8-25,27-29H,26H2,1-7H3;2*1H3;. The van der Waals surface area contributed by atoms with E-state index in [4.69, 9.17) is 0 Å². The van der Waals surface area contributed by atoms with Crippen molar-refractivity contribution in [3.8, 4) is 22.3 Å². The predicted molar refractivity (Wildman–Crippen MR) is 193 cm³/mol. The fourth-order valence-electron chi connectivity index (χ4n) is 9.38. The predicted octanol–water partition coefficient (Wildman–Crippen LogP) is 13.2. The molecule has 4 aromatic rings. The molecule has 1 saturated heterocycles. The van der Waals surface area contributed by atoms with Crippen LogP contribution < -0.4 is 0 Å². The molecule has 3 aliphatic rings. The zero-order valence-corrected chi connectivity index (χ0v) is 32.4. The summed E-state index contributed by atoms with van der Waals surface area (Å²) in [6, 6.07) is 33.1. The number of fused-ring (bicyclic) bond motifs is 6. The van der Waals surface area contributed by atoms with E-state index in [2.05, 4.69) is 155 Å². The first-order chi connectivity index (χ1) is 21.4. The molecule has 2 aliphatic carbocycles. The van der Waals surface area contributed by atoms with Gasteiger partial charge in [-0.3, -0.25) is 0 Å². The summed E-state index contributed by atoms with van der Waals surface area (Å²) in [7, 11) is 0. The van der Waals surface area contributed by atoms with Gasteiger partial charge in [0.15, 0.2) is 0 Å². The second-order valence-electron chi connectivity index (χ2n) is 16.0. The number of benzene rings is 4. The van der Waals surface area contributed by atoms with Crippen LogP contribution in [0.2, 0.25) is 9.36 Å². The molecule has 230 valence electrons. The van der Waals surface area contributed by atoms with Crippen LogP contribution in [-0.4, -0.2) is 0 Å². The van der Waals surface area contributed by atoms with Crippen LogP contribution in [0.5, 0.6) is 0 Å². The van der Waals surface area contributed by atoms with E-state index in [1.807, 2.05) is 0 Å². The molecule has 4 aromatic carbocycles. The molecule has 1 heterocycles. The van der Waals surface area contributed by atoms with Gasteiger partial charge in [0.2, 0.25) is 0 Å². The topological polar surface area (TPSA) is 0 Å². The van der Waals surface area contributed by atoms with Crippen LogP contribution in [0, 0.1) is 11.3 Å². The molecule has 0 aromatic heterocycles. The molecular formula is C44H50Hf. The molecule has 0 saturated carbocycles. The quantitative estimate of drug-likeness (QED) is 0.172. The van der Waals surface area contributed by atoms with E-state index < -0.39 is 20.0 Å². The van der Waals surface area contributed by atoms with E-state index in [0.29, 0.717) is 25.1 Å². The van der Waals surface area contributed by atoms with Gasteiger partial charge in [0, 0.05) is 0 Å². The molecule has 45 heavy (non-hydrogen) atoms. The summed E-state index contributed by atoms with van der Waals surface area (Å²) in [6.45, 7) is 16.7. The summed E-state index contributed by atoms with van der Waals surface area (Å²) in [4.78, 5) is 0. The maximum absolute atomic E-state index is 3.11. The third-order valence-corrected chi connectivity index (χ3v) is 26.6. The van der Waals surface area contributed by atoms with Gasteiger partial charge in [-0.1, -0.05) is 0 Å². The van der Waals surface area contributed by atoms with Crippen LogP contribution in [0.1, 0.15) is 107 Å². The minimum absolute atomic E-state index is 0.0468. The first kappa shape index (κ1) is 30.9. The first-order valence-corrected chi connectivity index (χ1v) is 28.7. The third-order valence-electron chi connectivity index (χ3n) is 11.4. The minimum atomic E-state index is -3.11. The van der Waals surface area contributed by atoms with Gasteiger partial charge in [0.25, 0.3) is 0 Å². The van der Waals surface area contributed by atoms with Gasteiger partial charge >= 0.3 is 279 Å². The van der Waals surface area contributed by atoms with Gasteiger partial charge in [-0.25, -0.2) is 0 Å². The molecule has 2 atom stereocenters. The Hall–Kier alpha value is -2.77. The van der Waals surface area contributed by atoms with Crippen molar-refractivity contribution in [1.29, 1.82) is 0 Å². The molecule has 2 unspecified atom stereocenters. The molecule has 7 rings (SSSR count). The van der Waals surface area contributed by atoms with Crippen molar-refractivity contribution in [3.63, 3.8) is 0 Å². The number of hydrogen-bond acceptors (Lipinski definition) is 0. The molecule has 0 N–H and O–H groups in total. The van der Waals surface area contributed by atoms with Gasteiger partial charge in [0.05, 0.1) is 0 Å². The van der Waals surface area contributed by atoms with Gasteiger partial charge in [-0.05, 0) is 0 Å². The monoisotopic (exact) mass is 758 g/mol. The van der Waals surface area contributed by atoms with Crippen LogP contribution in [0.25, 0.3) is 34.4 Å². The van der Waals surface area contributed by atoms with Crippen molar-refractivity contribution in [2.45, 2.75) is 83.4 Å². The van der Waals surface area contributed by atoms with Crippen LogP contribution in [0.4, 0.5) is 0 Å². The summed E-state index contributed by atoms with van der Waals surface area (Å²) < 4.78 is 6.76. The van der Waals surface area contributed by atoms with E-state index in [0.717, 1.165) is 0 Å². The average Bonchev–Trinajstić information content (AvgIpc) is 3.62. The summed E-state index contributed by atoms with van der Waals surface area (Å²) >= 11 is -3.11. The molecule has 0 amide bonds. The molecule has 0 spiro atoms. The maximum atomic E-state index is 2.78. The average molecular weight is 757 g/mol. The molecule has 1 heteroatoms. The summed E-state index contributed by atoms with van der Waals surface area (Å²) in [5.41, 5.74) is 18.1. The zero-order chi connectivity index (χ0) is 31.8. The molecular weight excluding hydrogens is 707 g/mol. The summed E-state index contributed by atoms with van der Waals surface area (Å²) in [5.74, 6) is 1.67. The van der Waals surface area contributed by atoms with Gasteiger partial charge in [0.1, 0.15) is 0 Å². The van der Waals surface area contributed by atoms with E-state index in [1.165, 1.54) is 50.9 Å². The fraction of sp³-hybridized carbons (Fsp3) is 0.364. The number of rotatable bonds is 6. The van der Waals surface area contributed by atoms with Crippen molar-refractivity contribution in [1.82, 2.24) is 0 Å². The van der Waals surface area contributed by atoms with Gasteiger partial charge in [-0.15, -0.1) is 0 Å². The van der Waals surface area contributed by atoms with Crippen molar-refractivity contribution in [3.05, 3.63) is 129 Å². The summed E-state index contributed by atoms with van der Waals surface area (Å²) in [5, 5.41) is 0. The number of hydrogen-bond donors (Lipinski definition) is 0. The Labute approximate surface area is 277 Å². The Bertz CT molecular complexity index is 1730. The normalized spacial score (nSPS) is 22.7. The van der Waals surface area contributed by atoms with Crippen molar-refractivity contribution < 1.29 is 20.0 Å². The third kappa shape index (κ3) is 4.86. The Morgan fingerprint density at radius 2 is 1.02 bits per heavy atom. The van der Waals surface area contributed by atoms with Gasteiger partial charge < -0.3 is 0 Å². The molecule has 0 nitrogen and oxygen atoms in total. The second kappa shape index (κ2) is 11.2. The zero-order valence-electron chi connectivity index (χ0n) is 28.8. The van der Waals surface area contributed by atoms with E-state index in [1.54, 1.807) is 22.3 Å². The van der Waals surface area contributed by atoms with Crippen LogP contribution in [0.3, 0.4) is 0 Å². The Morgan fingerprint density at radius 1 is 0.600 bits per heavy atom. The molecule has 0 bridgehead atoms. The van der Waals surface area contributed by atoms with Crippen LogP contribution in [0.15, 0.2) is 96.1 Å². The first-order valence-electron chi connectivity index (χ1n) is 17.3. The summed E-state index contributed by atoms with van der Waals surface area (Å²) in [6.07, 6.45) is 6.57. The van der Waals surface area contributed by atoms with Crippen molar-refractivity contribution in [2.75, 3.05) is 0 Å². The Morgan fingerprint density at radius 3 is 1.42 bits per heavy atom.